The van der Waals surface area contributed by atoms with Crippen LogP contribution < -0.4 is 25.4 Å². The lowest BCUT2D eigenvalue weighted by atomic mass is 10.1. The van der Waals surface area contributed by atoms with E-state index in [2.05, 4.69) is 20.9 Å². The maximum Gasteiger partial charge on any atom is 0.237 e. The zero-order valence-electron chi connectivity index (χ0n) is 23.2. The first-order chi connectivity index (χ1) is 18.9. The molecule has 40 heavy (non-hydrogen) atoms. The Morgan fingerprint density at radius 1 is 1.15 bits per heavy atom. The topological polar surface area (TPSA) is 122 Å². The van der Waals surface area contributed by atoms with Gasteiger partial charge >= 0.3 is 0 Å². The van der Waals surface area contributed by atoms with E-state index in [0.717, 1.165) is 29.1 Å². The molecule has 3 aliphatic heterocycles. The molecule has 0 unspecified atom stereocenters. The minimum absolute atomic E-state index is 0. The lowest BCUT2D eigenvalue weighted by Gasteiger charge is -2.23. The second-order valence-electron chi connectivity index (χ2n) is 10.0. The Labute approximate surface area is 246 Å². The number of hydrogen-bond acceptors (Lipinski definition) is 8. The molecule has 1 saturated heterocycles. The molecule has 1 fully saturated rings. The van der Waals surface area contributed by atoms with Crippen LogP contribution in [0.3, 0.4) is 0 Å². The number of amides is 3. The molecule has 0 spiro atoms. The zero-order chi connectivity index (χ0) is 27.6. The number of rotatable bonds is 3. The third-order valence-electron chi connectivity index (χ3n) is 7.00. The normalized spacial score (nSPS) is 21.2. The smallest absolute Gasteiger partial charge is 0.237 e. The number of hydrogen-bond donors (Lipinski definition) is 3. The summed E-state index contributed by atoms with van der Waals surface area (Å²) in [6.07, 6.45) is 3.82. The van der Waals surface area contributed by atoms with Gasteiger partial charge in [0.05, 0.1) is 30.3 Å². The lowest BCUT2D eigenvalue weighted by Crippen LogP contribution is -2.41. The third-order valence-corrected chi connectivity index (χ3v) is 7.82. The predicted octanol–water partition coefficient (Wildman–Crippen LogP) is 2.41. The molecule has 4 heterocycles. The van der Waals surface area contributed by atoms with Gasteiger partial charge in [0.25, 0.3) is 0 Å². The third kappa shape index (κ3) is 9.35. The van der Waals surface area contributed by atoms with E-state index in [9.17, 15) is 14.4 Å². The maximum atomic E-state index is 13.0. The van der Waals surface area contributed by atoms with Crippen LogP contribution in [-0.2, 0) is 27.2 Å². The molecule has 0 saturated carbocycles. The van der Waals surface area contributed by atoms with Crippen LogP contribution >= 0.6 is 23.7 Å². The van der Waals surface area contributed by atoms with Gasteiger partial charge in [0.2, 0.25) is 17.7 Å². The Hall–Kier alpha value is -2.89. The Morgan fingerprint density at radius 3 is 2.73 bits per heavy atom. The molecule has 4 bridgehead atoms. The van der Waals surface area contributed by atoms with Crippen LogP contribution in [-0.4, -0.2) is 79.6 Å². The summed E-state index contributed by atoms with van der Waals surface area (Å²) in [4.78, 5) is 44.5. The van der Waals surface area contributed by atoms with E-state index in [0.29, 0.717) is 69.9 Å². The van der Waals surface area contributed by atoms with Crippen LogP contribution in [0.5, 0.6) is 11.5 Å². The molecular formula is C28H40ClN5O5S. The predicted molar refractivity (Wildman–Crippen MR) is 156 cm³/mol. The molecule has 1 aromatic heterocycles. The summed E-state index contributed by atoms with van der Waals surface area (Å²) in [6.45, 7) is 4.70. The van der Waals surface area contributed by atoms with Crippen molar-refractivity contribution < 1.29 is 23.9 Å². The molecule has 0 aliphatic carbocycles. The van der Waals surface area contributed by atoms with Crippen molar-refractivity contribution >= 4 is 41.5 Å². The monoisotopic (exact) mass is 593 g/mol. The van der Waals surface area contributed by atoms with Gasteiger partial charge < -0.3 is 30.3 Å². The first kappa shape index (κ1) is 31.6. The van der Waals surface area contributed by atoms with E-state index >= 15 is 0 Å². The largest absolute Gasteiger partial charge is 0.493 e. The van der Waals surface area contributed by atoms with Crippen molar-refractivity contribution in [1.82, 2.24) is 25.8 Å². The number of halogens is 1. The van der Waals surface area contributed by atoms with Crippen LogP contribution in [0, 0.1) is 6.92 Å². The number of methoxy groups -OCH3 is 1. The van der Waals surface area contributed by atoms with Crippen LogP contribution in [0.15, 0.2) is 23.6 Å². The second kappa shape index (κ2) is 15.8. The summed E-state index contributed by atoms with van der Waals surface area (Å²) in [5.74, 6) is 1.22. The van der Waals surface area contributed by atoms with Gasteiger partial charge in [-0.3, -0.25) is 14.4 Å². The Balaban J connectivity index is 0.00000441. The Kier molecular flexibility index (Phi) is 12.5. The lowest BCUT2D eigenvalue weighted by molar-refractivity contribution is -0.130. The highest BCUT2D eigenvalue weighted by Crippen LogP contribution is 2.30. The highest BCUT2D eigenvalue weighted by Gasteiger charge is 2.31. The summed E-state index contributed by atoms with van der Waals surface area (Å²) in [5, 5.41) is 12.1. The van der Waals surface area contributed by atoms with E-state index in [-0.39, 0.29) is 48.7 Å². The van der Waals surface area contributed by atoms with Gasteiger partial charge in [0.1, 0.15) is 6.10 Å². The molecule has 12 heteroatoms. The number of fused-ring (bicyclic) bond motifs is 15. The van der Waals surface area contributed by atoms with Crippen LogP contribution in [0.4, 0.5) is 0 Å². The number of aryl methyl sites for hydroxylation is 2. The SMILES string of the molecule is COc1cc2ccc1O[C@@H]1CN[C@@H](C1)C(=O)NCCCCN(C(=O)Cc1csc(C)n1)CCCNC(=O)CC2.Cl. The molecule has 0 radical (unpaired) electrons. The number of thiazole rings is 1. The first-order valence-electron chi connectivity index (χ1n) is 13.7. The molecule has 3 amide bonds. The standard InChI is InChI=1S/C28H39N5O5S.ClH/c1-19-32-21(18-39-19)15-27(35)33-12-4-3-10-30-28(36)23-16-22(17-31-23)38-24-8-6-20(14-25(24)37-2)7-9-26(34)29-11-5-13-33;/h6,8,14,18,22-23,31H,3-5,7,9-13,15-17H2,1-2H3,(H,29,34)(H,30,36);1H/t22-,23-;/m0./s1. The van der Waals surface area contributed by atoms with Gasteiger partial charge in [-0.1, -0.05) is 6.07 Å². The van der Waals surface area contributed by atoms with E-state index in [1.165, 1.54) is 11.3 Å². The molecule has 1 aromatic carbocycles. The van der Waals surface area contributed by atoms with Crippen molar-refractivity contribution in [2.75, 3.05) is 39.8 Å². The number of nitrogens with one attached hydrogen (secondary N) is 3. The van der Waals surface area contributed by atoms with Crippen molar-refractivity contribution in [2.24, 2.45) is 0 Å². The minimum Gasteiger partial charge on any atom is -0.493 e. The molecule has 3 N–H and O–H groups in total. The van der Waals surface area contributed by atoms with E-state index in [4.69, 9.17) is 9.47 Å². The van der Waals surface area contributed by atoms with Gasteiger partial charge in [-0.25, -0.2) is 4.98 Å². The van der Waals surface area contributed by atoms with Crippen LogP contribution in [0.25, 0.3) is 0 Å². The van der Waals surface area contributed by atoms with Gasteiger partial charge in [0, 0.05) is 50.9 Å². The summed E-state index contributed by atoms with van der Waals surface area (Å²) in [7, 11) is 1.60. The maximum absolute atomic E-state index is 13.0. The summed E-state index contributed by atoms with van der Waals surface area (Å²) in [6, 6.07) is 5.39. The first-order valence-corrected chi connectivity index (χ1v) is 14.6. The second-order valence-corrected chi connectivity index (χ2v) is 11.1. The highest BCUT2D eigenvalue weighted by molar-refractivity contribution is 7.09. The fraction of sp³-hybridized carbons (Fsp3) is 0.571. The van der Waals surface area contributed by atoms with E-state index in [1.54, 1.807) is 7.11 Å². The Morgan fingerprint density at radius 2 is 1.95 bits per heavy atom. The molecule has 2 atom stereocenters. The number of ether oxygens (including phenoxy) is 2. The molecule has 220 valence electrons. The fourth-order valence-electron chi connectivity index (χ4n) is 4.86. The van der Waals surface area contributed by atoms with Crippen LogP contribution in [0.1, 0.15) is 48.4 Å². The average molecular weight is 594 g/mol. The fourth-order valence-corrected chi connectivity index (χ4v) is 5.47. The summed E-state index contributed by atoms with van der Waals surface area (Å²) >= 11 is 1.54. The minimum atomic E-state index is -0.309. The van der Waals surface area contributed by atoms with Crippen molar-refractivity contribution in [3.63, 3.8) is 0 Å². The van der Waals surface area contributed by atoms with Gasteiger partial charge in [-0.2, -0.15) is 0 Å². The molecular weight excluding hydrogens is 554 g/mol. The van der Waals surface area contributed by atoms with E-state index < -0.39 is 0 Å². The van der Waals surface area contributed by atoms with E-state index in [1.807, 2.05) is 35.4 Å². The van der Waals surface area contributed by atoms with Crippen LogP contribution in [0.2, 0.25) is 0 Å². The molecule has 10 nitrogen and oxygen atoms in total. The van der Waals surface area contributed by atoms with Gasteiger partial charge in [0.15, 0.2) is 11.5 Å². The van der Waals surface area contributed by atoms with Crippen molar-refractivity contribution in [3.05, 3.63) is 39.8 Å². The van der Waals surface area contributed by atoms with Crippen molar-refractivity contribution in [3.8, 4) is 11.5 Å². The summed E-state index contributed by atoms with van der Waals surface area (Å²) < 4.78 is 11.7. The zero-order valence-corrected chi connectivity index (χ0v) is 24.8. The number of aromatic nitrogens is 1. The summed E-state index contributed by atoms with van der Waals surface area (Å²) in [5.41, 5.74) is 1.77. The number of nitrogens with zero attached hydrogens (tertiary/aromatic N) is 2. The van der Waals surface area contributed by atoms with Gasteiger partial charge in [-0.05, 0) is 50.3 Å². The van der Waals surface area contributed by atoms with Crippen molar-refractivity contribution in [1.29, 1.82) is 0 Å². The number of benzene rings is 1. The molecule has 2 aromatic rings. The van der Waals surface area contributed by atoms with Crippen molar-refractivity contribution in [2.45, 2.75) is 64.0 Å². The highest BCUT2D eigenvalue weighted by atomic mass is 35.5. The molecule has 3 aliphatic rings. The van der Waals surface area contributed by atoms with Gasteiger partial charge in [-0.15, -0.1) is 23.7 Å². The number of carbonyl (C=O) groups excluding carboxylic acids is 3. The number of carbonyl (C=O) groups is 3. The molecule has 5 rings (SSSR count). The average Bonchev–Trinajstić information content (AvgIpc) is 3.57. The quantitative estimate of drug-likeness (QED) is 0.500. The Bertz CT molecular complexity index is 1150.